The first-order chi connectivity index (χ1) is 13.7. The SMILES string of the molecule is CCOc1ccc(-c2noc(CNC(=O)c3cc(-c4cccs4)on3)n2)cn1. The van der Waals surface area contributed by atoms with Gasteiger partial charge in [0, 0.05) is 23.9 Å². The number of hydrogen-bond donors (Lipinski definition) is 1. The van der Waals surface area contributed by atoms with Gasteiger partial charge in [-0.1, -0.05) is 16.4 Å². The molecule has 0 aromatic carbocycles. The highest BCUT2D eigenvalue weighted by atomic mass is 32.1. The summed E-state index contributed by atoms with van der Waals surface area (Å²) in [5.41, 5.74) is 0.862. The van der Waals surface area contributed by atoms with Crippen LogP contribution in [-0.2, 0) is 6.54 Å². The molecule has 28 heavy (non-hydrogen) atoms. The molecule has 142 valence electrons. The standard InChI is InChI=1S/C18H15N5O4S/c1-2-25-15-6-5-11(9-19-15)17-21-16(27-23-17)10-20-18(24)12-8-13(26-22-12)14-4-3-7-28-14/h3-9H,2,10H2,1H3,(H,20,24). The summed E-state index contributed by atoms with van der Waals surface area (Å²) in [5.74, 6) is 1.31. The first-order valence-electron chi connectivity index (χ1n) is 8.43. The Labute approximate surface area is 163 Å². The number of carbonyl (C=O) groups is 1. The molecule has 0 saturated carbocycles. The minimum Gasteiger partial charge on any atom is -0.478 e. The van der Waals surface area contributed by atoms with Crippen molar-refractivity contribution in [3.63, 3.8) is 0 Å². The van der Waals surface area contributed by atoms with E-state index >= 15 is 0 Å². The topological polar surface area (TPSA) is 116 Å². The maximum Gasteiger partial charge on any atom is 0.273 e. The smallest absolute Gasteiger partial charge is 0.273 e. The van der Waals surface area contributed by atoms with Crippen LogP contribution in [0.3, 0.4) is 0 Å². The summed E-state index contributed by atoms with van der Waals surface area (Å²) in [6.45, 7) is 2.49. The van der Waals surface area contributed by atoms with Crippen molar-refractivity contribution in [2.75, 3.05) is 6.61 Å². The van der Waals surface area contributed by atoms with Crippen LogP contribution in [0, 0.1) is 0 Å². The van der Waals surface area contributed by atoms with Gasteiger partial charge in [0.05, 0.1) is 18.0 Å². The van der Waals surface area contributed by atoms with E-state index in [1.807, 2.05) is 24.4 Å². The summed E-state index contributed by atoms with van der Waals surface area (Å²) < 4.78 is 15.7. The zero-order chi connectivity index (χ0) is 19.3. The van der Waals surface area contributed by atoms with Crippen molar-refractivity contribution < 1.29 is 18.6 Å². The highest BCUT2D eigenvalue weighted by molar-refractivity contribution is 7.13. The Morgan fingerprint density at radius 3 is 2.93 bits per heavy atom. The average Bonchev–Trinajstić information content (AvgIpc) is 3.48. The van der Waals surface area contributed by atoms with Crippen molar-refractivity contribution >= 4 is 17.2 Å². The molecular weight excluding hydrogens is 382 g/mol. The summed E-state index contributed by atoms with van der Waals surface area (Å²) in [7, 11) is 0. The molecule has 10 heteroatoms. The predicted molar refractivity (Wildman–Crippen MR) is 99.7 cm³/mol. The number of hydrogen-bond acceptors (Lipinski definition) is 9. The summed E-state index contributed by atoms with van der Waals surface area (Å²) in [5, 5.41) is 12.3. The van der Waals surface area contributed by atoms with Crippen LogP contribution < -0.4 is 10.1 Å². The minimum atomic E-state index is -0.394. The first kappa shape index (κ1) is 17.9. The monoisotopic (exact) mass is 397 g/mol. The highest BCUT2D eigenvalue weighted by Crippen LogP contribution is 2.25. The van der Waals surface area contributed by atoms with E-state index in [1.165, 1.54) is 11.3 Å². The Morgan fingerprint density at radius 1 is 1.25 bits per heavy atom. The van der Waals surface area contributed by atoms with Gasteiger partial charge in [-0.3, -0.25) is 4.79 Å². The number of amides is 1. The molecule has 0 atom stereocenters. The molecule has 0 radical (unpaired) electrons. The van der Waals surface area contributed by atoms with Gasteiger partial charge in [-0.15, -0.1) is 11.3 Å². The molecule has 0 spiro atoms. The van der Waals surface area contributed by atoms with Gasteiger partial charge < -0.3 is 19.1 Å². The molecule has 0 saturated heterocycles. The normalized spacial score (nSPS) is 10.8. The summed E-state index contributed by atoms with van der Waals surface area (Å²) in [6, 6.07) is 8.89. The van der Waals surface area contributed by atoms with Crippen molar-refractivity contribution in [2.45, 2.75) is 13.5 Å². The number of ether oxygens (including phenoxy) is 1. The van der Waals surface area contributed by atoms with Crippen LogP contribution in [0.15, 0.2) is 51.0 Å². The Balaban J connectivity index is 1.37. The average molecular weight is 397 g/mol. The van der Waals surface area contributed by atoms with Crippen molar-refractivity contribution in [1.29, 1.82) is 0 Å². The van der Waals surface area contributed by atoms with Gasteiger partial charge >= 0.3 is 0 Å². The molecule has 0 aliphatic carbocycles. The van der Waals surface area contributed by atoms with Gasteiger partial charge in [0.15, 0.2) is 11.5 Å². The fourth-order valence-corrected chi connectivity index (χ4v) is 3.03. The zero-order valence-electron chi connectivity index (χ0n) is 14.8. The van der Waals surface area contributed by atoms with Crippen LogP contribution in [0.25, 0.3) is 22.0 Å². The third kappa shape index (κ3) is 3.91. The second-order valence-electron chi connectivity index (χ2n) is 5.57. The quantitative estimate of drug-likeness (QED) is 0.505. The van der Waals surface area contributed by atoms with Gasteiger partial charge in [0.1, 0.15) is 0 Å². The Morgan fingerprint density at radius 2 is 2.18 bits per heavy atom. The van der Waals surface area contributed by atoms with E-state index in [4.69, 9.17) is 13.8 Å². The molecule has 1 N–H and O–H groups in total. The number of carbonyl (C=O) groups excluding carboxylic acids is 1. The van der Waals surface area contributed by atoms with Crippen molar-refractivity contribution in [2.24, 2.45) is 0 Å². The molecule has 0 aliphatic rings. The molecule has 9 nitrogen and oxygen atoms in total. The van der Waals surface area contributed by atoms with Gasteiger partial charge in [-0.25, -0.2) is 4.98 Å². The first-order valence-corrected chi connectivity index (χ1v) is 9.31. The lowest BCUT2D eigenvalue weighted by molar-refractivity contribution is 0.0937. The van der Waals surface area contributed by atoms with E-state index < -0.39 is 5.91 Å². The molecule has 4 aromatic heterocycles. The molecule has 0 unspecified atom stereocenters. The molecule has 4 aromatic rings. The van der Waals surface area contributed by atoms with Crippen molar-refractivity contribution in [1.82, 2.24) is 25.6 Å². The van der Waals surface area contributed by atoms with E-state index in [1.54, 1.807) is 24.4 Å². The van der Waals surface area contributed by atoms with Crippen LogP contribution in [0.2, 0.25) is 0 Å². The van der Waals surface area contributed by atoms with Gasteiger partial charge in [-0.2, -0.15) is 4.98 Å². The third-order valence-corrected chi connectivity index (χ3v) is 4.55. The molecule has 0 bridgehead atoms. The highest BCUT2D eigenvalue weighted by Gasteiger charge is 2.16. The Kier molecular flexibility index (Phi) is 5.11. The molecule has 0 aliphatic heterocycles. The number of nitrogens with one attached hydrogen (secondary N) is 1. The molecule has 4 rings (SSSR count). The van der Waals surface area contributed by atoms with Crippen LogP contribution in [0.5, 0.6) is 5.88 Å². The fourth-order valence-electron chi connectivity index (χ4n) is 2.35. The predicted octanol–water partition coefficient (Wildman–Crippen LogP) is 3.18. The van der Waals surface area contributed by atoms with Crippen LogP contribution >= 0.6 is 11.3 Å². The molecule has 1 amide bonds. The number of pyridine rings is 1. The lowest BCUT2D eigenvalue weighted by Crippen LogP contribution is -2.23. The van der Waals surface area contributed by atoms with E-state index in [0.717, 1.165) is 4.88 Å². The van der Waals surface area contributed by atoms with Crippen molar-refractivity contribution in [3.8, 4) is 27.9 Å². The summed E-state index contributed by atoms with van der Waals surface area (Å²) in [4.78, 5) is 21.5. The number of thiophene rings is 1. The lowest BCUT2D eigenvalue weighted by Gasteiger charge is -2.00. The number of nitrogens with zero attached hydrogens (tertiary/aromatic N) is 4. The van der Waals surface area contributed by atoms with Gasteiger partial charge in [0.25, 0.3) is 5.91 Å². The zero-order valence-corrected chi connectivity index (χ0v) is 15.6. The molecule has 4 heterocycles. The summed E-state index contributed by atoms with van der Waals surface area (Å²) in [6.07, 6.45) is 1.60. The van der Waals surface area contributed by atoms with E-state index in [9.17, 15) is 4.79 Å². The van der Waals surface area contributed by atoms with Gasteiger partial charge in [0.2, 0.25) is 17.6 Å². The molecular formula is C18H15N5O4S. The molecule has 0 fully saturated rings. The third-order valence-electron chi connectivity index (χ3n) is 3.66. The maximum absolute atomic E-state index is 12.2. The second-order valence-corrected chi connectivity index (χ2v) is 6.51. The number of rotatable bonds is 7. The largest absolute Gasteiger partial charge is 0.478 e. The van der Waals surface area contributed by atoms with E-state index in [2.05, 4.69) is 25.6 Å². The maximum atomic E-state index is 12.2. The van der Waals surface area contributed by atoms with Crippen molar-refractivity contribution in [3.05, 3.63) is 53.5 Å². The van der Waals surface area contributed by atoms with Crippen LogP contribution in [0.4, 0.5) is 0 Å². The summed E-state index contributed by atoms with van der Waals surface area (Å²) >= 11 is 1.50. The van der Waals surface area contributed by atoms with E-state index in [-0.39, 0.29) is 18.1 Å². The van der Waals surface area contributed by atoms with E-state index in [0.29, 0.717) is 29.6 Å². The van der Waals surface area contributed by atoms with Crippen LogP contribution in [-0.4, -0.2) is 32.8 Å². The lowest BCUT2D eigenvalue weighted by atomic mass is 10.3. The fraction of sp³-hybridized carbons (Fsp3) is 0.167. The Bertz CT molecular complexity index is 1060. The second kappa shape index (κ2) is 8.01. The number of aromatic nitrogens is 4. The van der Waals surface area contributed by atoms with Gasteiger partial charge in [-0.05, 0) is 24.4 Å². The Hall–Kier alpha value is -3.53. The minimum absolute atomic E-state index is 0.0670. The van der Waals surface area contributed by atoms with Crippen LogP contribution in [0.1, 0.15) is 23.3 Å².